The van der Waals surface area contributed by atoms with Gasteiger partial charge >= 0.3 is 5.69 Å². The summed E-state index contributed by atoms with van der Waals surface area (Å²) in [7, 11) is 0. The van der Waals surface area contributed by atoms with Crippen LogP contribution in [0, 0.1) is 10.1 Å². The van der Waals surface area contributed by atoms with Crippen LogP contribution in [0.2, 0.25) is 0 Å². The summed E-state index contributed by atoms with van der Waals surface area (Å²) in [6.45, 7) is -0.406. The van der Waals surface area contributed by atoms with Gasteiger partial charge in [0.05, 0.1) is 17.4 Å². The van der Waals surface area contributed by atoms with Gasteiger partial charge in [0.1, 0.15) is 23.3 Å². The van der Waals surface area contributed by atoms with Crippen molar-refractivity contribution in [3.8, 4) is 5.75 Å². The molecule has 0 saturated heterocycles. The average Bonchev–Trinajstić information content (AvgIpc) is 3.46. The molecule has 0 fully saturated rings. The van der Waals surface area contributed by atoms with E-state index >= 15 is 0 Å². The summed E-state index contributed by atoms with van der Waals surface area (Å²) < 4.78 is 16.2. The number of hydrazone groups is 1. The average molecular weight is 381 g/mol. The molecule has 1 aliphatic heterocycles. The SMILES string of the molecule is O=C(COc1ccccc1[N+](=O)[O-])N1N=C(c2ccco2)CC1c1ccco1. The van der Waals surface area contributed by atoms with Gasteiger partial charge in [-0.05, 0) is 30.3 Å². The molecule has 0 spiro atoms. The van der Waals surface area contributed by atoms with Gasteiger partial charge in [0.2, 0.25) is 0 Å². The Morgan fingerprint density at radius 3 is 2.68 bits per heavy atom. The third-order valence-electron chi connectivity index (χ3n) is 4.26. The third kappa shape index (κ3) is 3.37. The zero-order valence-electron chi connectivity index (χ0n) is 14.6. The second-order valence-electron chi connectivity index (χ2n) is 6.01. The molecule has 0 bridgehead atoms. The van der Waals surface area contributed by atoms with Crippen LogP contribution in [0.25, 0.3) is 0 Å². The smallest absolute Gasteiger partial charge is 0.310 e. The van der Waals surface area contributed by atoms with Crippen molar-refractivity contribution in [2.24, 2.45) is 5.10 Å². The van der Waals surface area contributed by atoms with Crippen LogP contribution < -0.4 is 4.74 Å². The van der Waals surface area contributed by atoms with Gasteiger partial charge in [-0.25, -0.2) is 5.01 Å². The highest BCUT2D eigenvalue weighted by Gasteiger charge is 2.36. The summed E-state index contributed by atoms with van der Waals surface area (Å²) in [5.41, 5.74) is 0.393. The first-order valence-electron chi connectivity index (χ1n) is 8.46. The number of para-hydroxylation sites is 2. The van der Waals surface area contributed by atoms with Gasteiger partial charge in [0.25, 0.3) is 5.91 Å². The molecule has 1 aliphatic rings. The van der Waals surface area contributed by atoms with E-state index in [1.54, 1.807) is 30.3 Å². The molecule has 0 N–H and O–H groups in total. The van der Waals surface area contributed by atoms with Crippen molar-refractivity contribution < 1.29 is 23.3 Å². The molecule has 9 nitrogen and oxygen atoms in total. The highest BCUT2D eigenvalue weighted by Crippen LogP contribution is 2.33. The van der Waals surface area contributed by atoms with Crippen LogP contribution in [0.5, 0.6) is 5.75 Å². The molecule has 2 aromatic heterocycles. The number of carbonyl (C=O) groups excluding carboxylic acids is 1. The van der Waals surface area contributed by atoms with Gasteiger partial charge in [0, 0.05) is 12.5 Å². The van der Waals surface area contributed by atoms with Crippen LogP contribution in [-0.2, 0) is 4.79 Å². The fourth-order valence-corrected chi connectivity index (χ4v) is 2.97. The predicted octanol–water partition coefficient (Wildman–Crippen LogP) is 3.54. The molecule has 1 atom stereocenters. The number of benzene rings is 1. The normalized spacial score (nSPS) is 16.1. The molecule has 9 heteroatoms. The molecule has 0 radical (unpaired) electrons. The van der Waals surface area contributed by atoms with Crippen LogP contribution in [0.4, 0.5) is 5.69 Å². The van der Waals surface area contributed by atoms with Crippen LogP contribution in [0.3, 0.4) is 0 Å². The first-order chi connectivity index (χ1) is 13.6. The number of ether oxygens (including phenoxy) is 1. The highest BCUT2D eigenvalue weighted by molar-refractivity contribution is 6.01. The number of furan rings is 2. The fourth-order valence-electron chi connectivity index (χ4n) is 2.97. The van der Waals surface area contributed by atoms with E-state index in [0.29, 0.717) is 23.7 Å². The lowest BCUT2D eigenvalue weighted by atomic mass is 10.1. The standard InChI is InChI=1S/C19H15N3O6/c23-19(12-28-17-6-2-1-5-14(17)22(24)25)21-15(18-8-4-10-27-18)11-13(20-21)16-7-3-9-26-16/h1-10,15H,11-12H2. The van der Waals surface area contributed by atoms with Crippen LogP contribution in [-0.4, -0.2) is 28.2 Å². The number of rotatable bonds is 6. The summed E-state index contributed by atoms with van der Waals surface area (Å²) >= 11 is 0. The second kappa shape index (κ2) is 7.39. The Kier molecular flexibility index (Phi) is 4.63. The molecule has 28 heavy (non-hydrogen) atoms. The van der Waals surface area contributed by atoms with E-state index in [4.69, 9.17) is 13.6 Å². The molecule has 3 heterocycles. The molecule has 4 rings (SSSR count). The van der Waals surface area contributed by atoms with Gasteiger partial charge in [-0.3, -0.25) is 14.9 Å². The molecule has 3 aromatic rings. The van der Waals surface area contributed by atoms with Gasteiger partial charge in [-0.2, -0.15) is 5.10 Å². The van der Waals surface area contributed by atoms with Crippen molar-refractivity contribution in [3.63, 3.8) is 0 Å². The van der Waals surface area contributed by atoms with Gasteiger partial charge in [-0.1, -0.05) is 12.1 Å². The maximum Gasteiger partial charge on any atom is 0.310 e. The van der Waals surface area contributed by atoms with Crippen molar-refractivity contribution in [2.75, 3.05) is 6.61 Å². The second-order valence-corrected chi connectivity index (χ2v) is 6.01. The molecular formula is C19H15N3O6. The summed E-state index contributed by atoms with van der Waals surface area (Å²) in [5, 5.41) is 16.7. The number of hydrogen-bond donors (Lipinski definition) is 0. The Morgan fingerprint density at radius 2 is 1.96 bits per heavy atom. The largest absolute Gasteiger partial charge is 0.477 e. The molecule has 1 unspecified atom stereocenters. The number of amides is 1. The van der Waals surface area contributed by atoms with Crippen LogP contribution >= 0.6 is 0 Å². The first kappa shape index (κ1) is 17.5. The third-order valence-corrected chi connectivity index (χ3v) is 4.26. The number of nitro groups is 1. The first-order valence-corrected chi connectivity index (χ1v) is 8.46. The van der Waals surface area contributed by atoms with Crippen molar-refractivity contribution in [3.05, 3.63) is 82.7 Å². The van der Waals surface area contributed by atoms with E-state index in [2.05, 4.69) is 5.10 Å². The molecule has 0 saturated carbocycles. The van der Waals surface area contributed by atoms with Crippen molar-refractivity contribution >= 4 is 17.3 Å². The monoisotopic (exact) mass is 381 g/mol. The number of nitro benzene ring substituents is 1. The Morgan fingerprint density at radius 1 is 1.18 bits per heavy atom. The van der Waals surface area contributed by atoms with Gasteiger partial charge < -0.3 is 13.6 Å². The quantitative estimate of drug-likeness (QED) is 0.477. The van der Waals surface area contributed by atoms with Crippen molar-refractivity contribution in [2.45, 2.75) is 12.5 Å². The van der Waals surface area contributed by atoms with Crippen molar-refractivity contribution in [1.29, 1.82) is 0 Å². The lowest BCUT2D eigenvalue weighted by Gasteiger charge is -2.19. The molecule has 142 valence electrons. The molecule has 1 aromatic carbocycles. The molecule has 0 aliphatic carbocycles. The Labute approximate surface area is 159 Å². The minimum absolute atomic E-state index is 0.0184. The lowest BCUT2D eigenvalue weighted by Crippen LogP contribution is -2.31. The fraction of sp³-hybridized carbons (Fsp3) is 0.158. The van der Waals surface area contributed by atoms with E-state index in [-0.39, 0.29) is 11.4 Å². The Balaban J connectivity index is 1.55. The number of carbonyl (C=O) groups is 1. The topological polar surface area (TPSA) is 111 Å². The van der Waals surface area contributed by atoms with E-state index < -0.39 is 23.5 Å². The summed E-state index contributed by atoms with van der Waals surface area (Å²) in [6, 6.07) is 12.4. The van der Waals surface area contributed by atoms with E-state index in [1.807, 2.05) is 0 Å². The van der Waals surface area contributed by atoms with E-state index in [1.165, 1.54) is 35.7 Å². The van der Waals surface area contributed by atoms with E-state index in [9.17, 15) is 14.9 Å². The van der Waals surface area contributed by atoms with Crippen LogP contribution in [0.1, 0.15) is 24.0 Å². The summed E-state index contributed by atoms with van der Waals surface area (Å²) in [4.78, 5) is 23.3. The minimum Gasteiger partial charge on any atom is -0.477 e. The number of hydrogen-bond acceptors (Lipinski definition) is 7. The highest BCUT2D eigenvalue weighted by atomic mass is 16.6. The minimum atomic E-state index is -0.561. The Hall–Kier alpha value is -3.88. The van der Waals surface area contributed by atoms with Gasteiger partial charge in [-0.15, -0.1) is 0 Å². The van der Waals surface area contributed by atoms with Crippen molar-refractivity contribution in [1.82, 2.24) is 5.01 Å². The zero-order chi connectivity index (χ0) is 19.5. The van der Waals surface area contributed by atoms with Gasteiger partial charge in [0.15, 0.2) is 12.4 Å². The van der Waals surface area contributed by atoms with E-state index in [0.717, 1.165) is 0 Å². The summed E-state index contributed by atoms with van der Waals surface area (Å²) in [6.07, 6.45) is 3.47. The summed E-state index contributed by atoms with van der Waals surface area (Å²) in [5.74, 6) is 0.696. The number of nitrogens with zero attached hydrogens (tertiary/aromatic N) is 3. The predicted molar refractivity (Wildman–Crippen MR) is 96.7 cm³/mol. The molecular weight excluding hydrogens is 366 g/mol. The zero-order valence-corrected chi connectivity index (χ0v) is 14.6. The maximum atomic E-state index is 12.8. The lowest BCUT2D eigenvalue weighted by molar-refractivity contribution is -0.385. The maximum absolute atomic E-state index is 12.8. The molecule has 1 amide bonds. The Bertz CT molecular complexity index is 1010. The van der Waals surface area contributed by atoms with Crippen LogP contribution in [0.15, 0.2) is 75.0 Å².